The highest BCUT2D eigenvalue weighted by Gasteiger charge is 2.18. The predicted octanol–water partition coefficient (Wildman–Crippen LogP) is 6.82. The average molecular weight is 293 g/mol. The van der Waals surface area contributed by atoms with Crippen LogP contribution < -0.4 is 0 Å². The second-order valence-corrected chi connectivity index (χ2v) is 6.86. The molecule has 0 saturated heterocycles. The lowest BCUT2D eigenvalue weighted by Gasteiger charge is -2.24. The third kappa shape index (κ3) is 3.54. The summed E-state index contributed by atoms with van der Waals surface area (Å²) in [7, 11) is 0. The Morgan fingerprint density at radius 1 is 0.818 bits per heavy atom. The fraction of sp³-hybridized carbons (Fsp3) is 0.500. The molecule has 0 spiro atoms. The molecule has 1 radical (unpaired) electrons. The molecule has 0 heteroatoms. The highest BCUT2D eigenvalue weighted by molar-refractivity contribution is 5.89. The monoisotopic (exact) mass is 293 g/mol. The Hall–Kier alpha value is -1.30. The smallest absolute Gasteiger partial charge is 0.0146 e. The molecule has 1 fully saturated rings. The van der Waals surface area contributed by atoms with Gasteiger partial charge < -0.3 is 0 Å². The van der Waals surface area contributed by atoms with Crippen LogP contribution >= 0.6 is 0 Å². The van der Waals surface area contributed by atoms with Crippen LogP contribution in [0.25, 0.3) is 10.8 Å². The number of unbranched alkanes of at least 4 members (excludes halogenated alkanes) is 3. The van der Waals surface area contributed by atoms with Gasteiger partial charge >= 0.3 is 0 Å². The Bertz CT molecular complexity index is 590. The summed E-state index contributed by atoms with van der Waals surface area (Å²) < 4.78 is 0. The third-order valence-electron chi connectivity index (χ3n) is 5.29. The molecule has 0 atom stereocenters. The molecule has 0 N–H and O–H groups in total. The largest absolute Gasteiger partial charge is 0.0616 e. The van der Waals surface area contributed by atoms with E-state index in [1.807, 2.05) is 0 Å². The first-order valence-electron chi connectivity index (χ1n) is 9.20. The van der Waals surface area contributed by atoms with E-state index in [0.29, 0.717) is 0 Å². The molecule has 2 aromatic rings. The first-order chi connectivity index (χ1) is 10.9. The van der Waals surface area contributed by atoms with E-state index in [-0.39, 0.29) is 0 Å². The summed E-state index contributed by atoms with van der Waals surface area (Å²) >= 11 is 0. The van der Waals surface area contributed by atoms with Crippen molar-refractivity contribution in [2.75, 3.05) is 0 Å². The summed E-state index contributed by atoms with van der Waals surface area (Å²) in [6.07, 6.45) is 13.2. The van der Waals surface area contributed by atoms with Gasteiger partial charge in [-0.1, -0.05) is 81.8 Å². The number of aryl methyl sites for hydroxylation is 1. The fourth-order valence-corrected chi connectivity index (χ4v) is 4.04. The van der Waals surface area contributed by atoms with Crippen molar-refractivity contribution in [3.8, 4) is 0 Å². The molecule has 1 saturated carbocycles. The Labute approximate surface area is 135 Å². The van der Waals surface area contributed by atoms with Gasteiger partial charge in [-0.25, -0.2) is 0 Å². The van der Waals surface area contributed by atoms with Crippen molar-refractivity contribution in [2.24, 2.45) is 0 Å². The summed E-state index contributed by atoms with van der Waals surface area (Å²) in [6, 6.07) is 13.9. The van der Waals surface area contributed by atoms with E-state index in [4.69, 9.17) is 0 Å². The Morgan fingerprint density at radius 3 is 2.36 bits per heavy atom. The molecule has 0 aromatic heterocycles. The molecular formula is C22H29. The Balaban J connectivity index is 1.86. The Morgan fingerprint density at radius 2 is 1.59 bits per heavy atom. The fourth-order valence-electron chi connectivity index (χ4n) is 4.04. The number of benzene rings is 2. The maximum atomic E-state index is 3.94. The molecule has 0 nitrogen and oxygen atoms in total. The normalized spacial score (nSPS) is 16.2. The summed E-state index contributed by atoms with van der Waals surface area (Å²) in [6.45, 7) is 3.94. The topological polar surface area (TPSA) is 0 Å². The van der Waals surface area contributed by atoms with Crippen molar-refractivity contribution in [3.63, 3.8) is 0 Å². The number of fused-ring (bicyclic) bond motifs is 1. The molecule has 0 aliphatic heterocycles. The molecule has 0 unspecified atom stereocenters. The maximum absolute atomic E-state index is 3.94. The van der Waals surface area contributed by atoms with Crippen LogP contribution in [0.4, 0.5) is 0 Å². The van der Waals surface area contributed by atoms with Crippen molar-refractivity contribution in [3.05, 3.63) is 54.4 Å². The van der Waals surface area contributed by atoms with Crippen LogP contribution in [-0.4, -0.2) is 0 Å². The van der Waals surface area contributed by atoms with Gasteiger partial charge in [0.25, 0.3) is 0 Å². The zero-order chi connectivity index (χ0) is 15.2. The van der Waals surface area contributed by atoms with Crippen molar-refractivity contribution >= 4 is 10.8 Å². The van der Waals surface area contributed by atoms with Gasteiger partial charge in [-0.2, -0.15) is 0 Å². The molecule has 0 amide bonds. The van der Waals surface area contributed by atoms with Gasteiger partial charge in [-0.3, -0.25) is 0 Å². The Kier molecular flexibility index (Phi) is 5.53. The van der Waals surface area contributed by atoms with Crippen LogP contribution in [0, 0.1) is 6.92 Å². The van der Waals surface area contributed by atoms with Gasteiger partial charge in [0.15, 0.2) is 0 Å². The van der Waals surface area contributed by atoms with Crippen molar-refractivity contribution in [2.45, 2.75) is 70.1 Å². The molecule has 22 heavy (non-hydrogen) atoms. The lowest BCUT2D eigenvalue weighted by molar-refractivity contribution is 0.445. The van der Waals surface area contributed by atoms with Gasteiger partial charge in [-0.05, 0) is 53.5 Å². The van der Waals surface area contributed by atoms with Crippen molar-refractivity contribution in [1.29, 1.82) is 0 Å². The van der Waals surface area contributed by atoms with Crippen LogP contribution in [-0.2, 0) is 6.42 Å². The minimum absolute atomic E-state index is 0.791. The predicted molar refractivity (Wildman–Crippen MR) is 97.3 cm³/mol. The molecule has 117 valence electrons. The molecule has 1 aliphatic rings. The first-order valence-corrected chi connectivity index (χ1v) is 9.20. The second-order valence-electron chi connectivity index (χ2n) is 6.86. The molecular weight excluding hydrogens is 264 g/mol. The van der Waals surface area contributed by atoms with E-state index in [2.05, 4.69) is 43.3 Å². The summed E-state index contributed by atoms with van der Waals surface area (Å²) in [5.74, 6) is 0.791. The van der Waals surface area contributed by atoms with Crippen molar-refractivity contribution < 1.29 is 0 Å². The molecule has 3 rings (SSSR count). The van der Waals surface area contributed by atoms with E-state index in [1.165, 1.54) is 68.6 Å². The van der Waals surface area contributed by atoms with Gasteiger partial charge in [0.05, 0.1) is 0 Å². The number of hydrogen-bond acceptors (Lipinski definition) is 0. The summed E-state index contributed by atoms with van der Waals surface area (Å²) in [5.41, 5.74) is 3.15. The quantitative estimate of drug-likeness (QED) is 0.512. The highest BCUT2D eigenvalue weighted by Crippen LogP contribution is 2.37. The third-order valence-corrected chi connectivity index (χ3v) is 5.29. The minimum Gasteiger partial charge on any atom is -0.0616 e. The second kappa shape index (κ2) is 7.81. The van der Waals surface area contributed by atoms with E-state index in [1.54, 1.807) is 11.1 Å². The highest BCUT2D eigenvalue weighted by atomic mass is 14.2. The van der Waals surface area contributed by atoms with Gasteiger partial charge in [0, 0.05) is 0 Å². The van der Waals surface area contributed by atoms with E-state index in [0.717, 1.165) is 12.3 Å². The molecule has 2 aromatic carbocycles. The maximum Gasteiger partial charge on any atom is -0.0146 e. The average Bonchev–Trinajstić information content (AvgIpc) is 2.59. The van der Waals surface area contributed by atoms with Gasteiger partial charge in [0.1, 0.15) is 0 Å². The molecule has 0 bridgehead atoms. The molecule has 1 aliphatic carbocycles. The number of rotatable bonds is 6. The standard InChI is InChI=1S/C22H29/c1-2-3-4-6-13-19-16-17-21(18-11-7-5-8-12-18)22-15-10-9-14-20(19)22/h9-10,14-18H,1-8,11-13H2. The van der Waals surface area contributed by atoms with Gasteiger partial charge in [0.2, 0.25) is 0 Å². The summed E-state index contributed by atoms with van der Waals surface area (Å²) in [4.78, 5) is 0. The van der Waals surface area contributed by atoms with Crippen LogP contribution in [0.3, 0.4) is 0 Å². The van der Waals surface area contributed by atoms with Crippen LogP contribution in [0.15, 0.2) is 36.4 Å². The van der Waals surface area contributed by atoms with Crippen LogP contribution in [0.2, 0.25) is 0 Å². The lowest BCUT2D eigenvalue weighted by Crippen LogP contribution is -2.05. The van der Waals surface area contributed by atoms with Gasteiger partial charge in [-0.15, -0.1) is 0 Å². The van der Waals surface area contributed by atoms with Crippen molar-refractivity contribution in [1.82, 2.24) is 0 Å². The van der Waals surface area contributed by atoms with E-state index < -0.39 is 0 Å². The minimum atomic E-state index is 0.791. The molecule has 0 heterocycles. The van der Waals surface area contributed by atoms with Crippen LogP contribution in [0.1, 0.15) is 74.8 Å². The van der Waals surface area contributed by atoms with Crippen LogP contribution in [0.5, 0.6) is 0 Å². The SMILES string of the molecule is [CH2]CCCCCc1ccc(C2CCCCC2)c2ccccc12. The first kappa shape index (κ1) is 15.6. The van der Waals surface area contributed by atoms with E-state index in [9.17, 15) is 0 Å². The zero-order valence-corrected chi connectivity index (χ0v) is 13.8. The lowest BCUT2D eigenvalue weighted by atomic mass is 9.81. The number of hydrogen-bond donors (Lipinski definition) is 0. The summed E-state index contributed by atoms with van der Waals surface area (Å²) in [5, 5.41) is 3.02. The van der Waals surface area contributed by atoms with E-state index >= 15 is 0 Å². The zero-order valence-electron chi connectivity index (χ0n) is 13.8.